The summed E-state index contributed by atoms with van der Waals surface area (Å²) < 4.78 is 5.50. The normalized spacial score (nSPS) is 11.5. The average molecular weight is 747 g/mol. The Labute approximate surface area is 336 Å². The summed E-state index contributed by atoms with van der Waals surface area (Å²) in [5.74, 6) is 0.0345. The number of unbranched alkanes of at least 4 members (excludes halogenated alkanes) is 44. The van der Waals surface area contributed by atoms with E-state index in [9.17, 15) is 4.79 Å². The third-order valence-corrected chi connectivity index (χ3v) is 12.0. The van der Waals surface area contributed by atoms with Crippen LogP contribution in [-0.2, 0) is 9.53 Å². The van der Waals surface area contributed by atoms with Crippen LogP contribution in [0.1, 0.15) is 316 Å². The van der Waals surface area contributed by atoms with Crippen LogP contribution in [0.5, 0.6) is 0 Å². The van der Waals surface area contributed by atoms with Gasteiger partial charge in [-0.15, -0.1) is 0 Å². The van der Waals surface area contributed by atoms with Crippen LogP contribution in [0, 0.1) is 0 Å². The van der Waals surface area contributed by atoms with E-state index < -0.39 is 0 Å². The van der Waals surface area contributed by atoms with Gasteiger partial charge in [-0.1, -0.05) is 296 Å². The molecule has 0 unspecified atom stereocenters. The van der Waals surface area contributed by atoms with E-state index in [1.165, 1.54) is 283 Å². The van der Waals surface area contributed by atoms with Gasteiger partial charge in [-0.3, -0.25) is 4.79 Å². The summed E-state index contributed by atoms with van der Waals surface area (Å²) in [6.45, 7) is 5.24. The van der Waals surface area contributed by atoms with Gasteiger partial charge in [0, 0.05) is 6.42 Å². The molecule has 0 aliphatic carbocycles. The van der Waals surface area contributed by atoms with Crippen LogP contribution in [0.15, 0.2) is 0 Å². The van der Waals surface area contributed by atoms with E-state index in [4.69, 9.17) is 4.74 Å². The summed E-state index contributed by atoms with van der Waals surface area (Å²) >= 11 is 0. The molecule has 0 saturated heterocycles. The Kier molecular flexibility index (Phi) is 49.0. The van der Waals surface area contributed by atoms with Gasteiger partial charge < -0.3 is 4.74 Å². The number of hydrogen-bond acceptors (Lipinski definition) is 2. The minimum absolute atomic E-state index is 0.0345. The predicted octanol–water partition coefficient (Wildman–Crippen LogP) is 18.9. The lowest BCUT2D eigenvalue weighted by molar-refractivity contribution is -0.143. The van der Waals surface area contributed by atoms with Crippen LogP contribution in [0.3, 0.4) is 0 Å². The smallest absolute Gasteiger partial charge is 0.305 e. The second-order valence-electron chi connectivity index (χ2n) is 17.5. The first-order valence-electron chi connectivity index (χ1n) is 25.5. The summed E-state index contributed by atoms with van der Waals surface area (Å²) in [4.78, 5) is 12.1. The molecule has 0 N–H and O–H groups in total. The van der Waals surface area contributed by atoms with Crippen molar-refractivity contribution < 1.29 is 9.53 Å². The molecule has 0 aromatic carbocycles. The highest BCUT2D eigenvalue weighted by atomic mass is 16.5. The summed E-state index contributed by atoms with van der Waals surface area (Å²) in [5, 5.41) is 0. The topological polar surface area (TPSA) is 26.3 Å². The van der Waals surface area contributed by atoms with E-state index in [2.05, 4.69) is 13.8 Å². The lowest BCUT2D eigenvalue weighted by atomic mass is 10.0. The predicted molar refractivity (Wildman–Crippen MR) is 239 cm³/mol. The number of rotatable bonds is 48. The zero-order valence-corrected chi connectivity index (χ0v) is 37.3. The molecule has 0 saturated carbocycles. The van der Waals surface area contributed by atoms with Crippen LogP contribution in [0.4, 0.5) is 0 Å². The molecule has 0 atom stereocenters. The largest absolute Gasteiger partial charge is 0.466 e. The Morgan fingerprint density at radius 2 is 0.415 bits per heavy atom. The number of carbonyl (C=O) groups excluding carboxylic acids is 1. The van der Waals surface area contributed by atoms with Crippen molar-refractivity contribution in [2.75, 3.05) is 6.61 Å². The Hall–Kier alpha value is -0.530. The highest BCUT2D eigenvalue weighted by molar-refractivity contribution is 5.69. The van der Waals surface area contributed by atoms with Crippen LogP contribution < -0.4 is 0 Å². The minimum atomic E-state index is 0.0345. The third kappa shape index (κ3) is 49.5. The number of hydrogen-bond donors (Lipinski definition) is 0. The molecule has 0 aromatic heterocycles. The van der Waals surface area contributed by atoms with Crippen LogP contribution in [0.25, 0.3) is 0 Å². The Bertz CT molecular complexity index is 644. The molecule has 0 rings (SSSR count). The van der Waals surface area contributed by atoms with Gasteiger partial charge in [-0.25, -0.2) is 0 Å². The van der Waals surface area contributed by atoms with Crippen LogP contribution in [0.2, 0.25) is 0 Å². The van der Waals surface area contributed by atoms with Gasteiger partial charge in [-0.2, -0.15) is 0 Å². The van der Waals surface area contributed by atoms with Crippen LogP contribution >= 0.6 is 0 Å². The van der Waals surface area contributed by atoms with E-state index in [0.29, 0.717) is 13.0 Å². The average Bonchev–Trinajstić information content (AvgIpc) is 3.16. The maximum Gasteiger partial charge on any atom is 0.305 e. The second-order valence-corrected chi connectivity index (χ2v) is 17.5. The van der Waals surface area contributed by atoms with Crippen LogP contribution in [-0.4, -0.2) is 12.6 Å². The quantitative estimate of drug-likeness (QED) is 0.0458. The zero-order chi connectivity index (χ0) is 38.2. The molecule has 53 heavy (non-hydrogen) atoms. The fourth-order valence-corrected chi connectivity index (χ4v) is 8.20. The van der Waals surface area contributed by atoms with E-state index in [0.717, 1.165) is 12.8 Å². The standard InChI is InChI=1S/C51H102O2/c1-3-5-7-9-11-13-15-17-19-21-23-25-27-28-29-31-33-35-37-39-41-43-45-47-49-51(52)53-50-48-46-44-42-40-38-36-34-32-30-26-24-22-20-18-16-14-12-10-8-6-4-2/h3-50H2,1-2H3. The molecule has 0 spiro atoms. The minimum Gasteiger partial charge on any atom is -0.466 e. The highest BCUT2D eigenvalue weighted by Crippen LogP contribution is 2.18. The van der Waals surface area contributed by atoms with Gasteiger partial charge in [0.2, 0.25) is 0 Å². The molecule has 0 aliphatic rings. The molecule has 0 heterocycles. The Morgan fingerprint density at radius 1 is 0.245 bits per heavy atom. The van der Waals surface area contributed by atoms with Crippen molar-refractivity contribution in [1.82, 2.24) is 0 Å². The number of esters is 1. The fraction of sp³-hybridized carbons (Fsp3) is 0.980. The Balaban J connectivity index is 3.14. The molecule has 2 heteroatoms. The lowest BCUT2D eigenvalue weighted by Crippen LogP contribution is -2.05. The van der Waals surface area contributed by atoms with Crippen molar-refractivity contribution >= 4 is 5.97 Å². The molecule has 2 nitrogen and oxygen atoms in total. The summed E-state index contributed by atoms with van der Waals surface area (Å²) in [7, 11) is 0. The summed E-state index contributed by atoms with van der Waals surface area (Å²) in [5.41, 5.74) is 0. The Morgan fingerprint density at radius 3 is 0.623 bits per heavy atom. The molecule has 0 aliphatic heterocycles. The van der Waals surface area contributed by atoms with E-state index >= 15 is 0 Å². The maximum absolute atomic E-state index is 12.1. The molecule has 0 aromatic rings. The first kappa shape index (κ1) is 52.5. The van der Waals surface area contributed by atoms with Gasteiger partial charge >= 0.3 is 5.97 Å². The molecular weight excluding hydrogens is 645 g/mol. The molecule has 0 radical (unpaired) electrons. The number of carbonyl (C=O) groups is 1. The summed E-state index contributed by atoms with van der Waals surface area (Å²) in [6, 6.07) is 0. The molecule has 0 amide bonds. The monoisotopic (exact) mass is 747 g/mol. The molecule has 318 valence electrons. The van der Waals surface area contributed by atoms with E-state index in [1.807, 2.05) is 0 Å². The first-order chi connectivity index (χ1) is 26.3. The highest BCUT2D eigenvalue weighted by Gasteiger charge is 2.03. The van der Waals surface area contributed by atoms with Crippen molar-refractivity contribution in [3.05, 3.63) is 0 Å². The third-order valence-electron chi connectivity index (χ3n) is 12.0. The van der Waals surface area contributed by atoms with Crippen molar-refractivity contribution in [3.8, 4) is 0 Å². The van der Waals surface area contributed by atoms with Gasteiger partial charge in [0.25, 0.3) is 0 Å². The molecular formula is C51H102O2. The van der Waals surface area contributed by atoms with E-state index in [-0.39, 0.29) is 5.97 Å². The molecule has 0 fully saturated rings. The van der Waals surface area contributed by atoms with Gasteiger partial charge in [-0.05, 0) is 12.8 Å². The van der Waals surface area contributed by atoms with Crippen molar-refractivity contribution in [2.45, 2.75) is 316 Å². The van der Waals surface area contributed by atoms with Gasteiger partial charge in [0.1, 0.15) is 0 Å². The SMILES string of the molecule is CCCCCCCCCCCCCCCCCCCCCCCCCCC(=O)OCCCCCCCCCCCCCCCCCCCCCCCC. The van der Waals surface area contributed by atoms with Gasteiger partial charge in [0.05, 0.1) is 6.61 Å². The molecule has 0 bridgehead atoms. The first-order valence-corrected chi connectivity index (χ1v) is 25.5. The lowest BCUT2D eigenvalue weighted by Gasteiger charge is -2.06. The summed E-state index contributed by atoms with van der Waals surface area (Å²) in [6.07, 6.45) is 65.3. The number of ether oxygens (including phenoxy) is 1. The maximum atomic E-state index is 12.1. The second kappa shape index (κ2) is 49.5. The van der Waals surface area contributed by atoms with Crippen molar-refractivity contribution in [2.24, 2.45) is 0 Å². The fourth-order valence-electron chi connectivity index (χ4n) is 8.20. The van der Waals surface area contributed by atoms with Crippen molar-refractivity contribution in [3.63, 3.8) is 0 Å². The van der Waals surface area contributed by atoms with Crippen molar-refractivity contribution in [1.29, 1.82) is 0 Å². The van der Waals surface area contributed by atoms with E-state index in [1.54, 1.807) is 0 Å². The van der Waals surface area contributed by atoms with Gasteiger partial charge in [0.15, 0.2) is 0 Å². The zero-order valence-electron chi connectivity index (χ0n) is 37.3.